The van der Waals surface area contributed by atoms with Crippen molar-refractivity contribution >= 4 is 0 Å². The van der Waals surface area contributed by atoms with Crippen molar-refractivity contribution in [3.63, 3.8) is 0 Å². The van der Waals surface area contributed by atoms with E-state index in [4.69, 9.17) is 0 Å². The van der Waals surface area contributed by atoms with Crippen LogP contribution in [0.3, 0.4) is 0 Å². The molecule has 1 aliphatic carbocycles. The molecule has 0 aromatic carbocycles. The minimum Gasteiger partial charge on any atom is -0.333 e. The summed E-state index contributed by atoms with van der Waals surface area (Å²) >= 11 is 0. The largest absolute Gasteiger partial charge is 0.333 e. The van der Waals surface area contributed by atoms with E-state index in [-0.39, 0.29) is 0 Å². The fourth-order valence-electron chi connectivity index (χ4n) is 2.25. The van der Waals surface area contributed by atoms with Gasteiger partial charge in [-0.3, -0.25) is 0 Å². The van der Waals surface area contributed by atoms with Crippen molar-refractivity contribution in [2.45, 2.75) is 60.3 Å². The van der Waals surface area contributed by atoms with Crippen molar-refractivity contribution in [2.75, 3.05) is 7.05 Å². The number of hydrogen-bond donors (Lipinski definition) is 1. The zero-order valence-electron chi connectivity index (χ0n) is 10.5. The Bertz CT molecular complexity index is 87.3. The molecule has 0 aromatic heterocycles. The first-order chi connectivity index (χ1) is 6.22. The molecule has 1 saturated carbocycles. The lowest BCUT2D eigenvalue weighted by molar-refractivity contribution is 0.0569. The van der Waals surface area contributed by atoms with E-state index in [9.17, 15) is 0 Å². The third kappa shape index (κ3) is 4.66. The summed E-state index contributed by atoms with van der Waals surface area (Å²) in [6.07, 6.45) is 5.77. The van der Waals surface area contributed by atoms with Gasteiger partial charge in [-0.2, -0.15) is 0 Å². The van der Waals surface area contributed by atoms with Gasteiger partial charge in [-0.1, -0.05) is 47.5 Å². The molecular weight excluding hydrogens is 158 g/mol. The molecule has 0 bridgehead atoms. The molecule has 0 radical (unpaired) electrons. The highest BCUT2D eigenvalue weighted by atomic mass is 14.4. The Balaban J connectivity index is 0. The van der Waals surface area contributed by atoms with Crippen molar-refractivity contribution in [3.8, 4) is 0 Å². The normalized spacial score (nSPS) is 18.7. The highest BCUT2D eigenvalue weighted by molar-refractivity contribution is 4.89. The minimum atomic E-state index is 0.777. The summed E-state index contributed by atoms with van der Waals surface area (Å²) in [6, 6.07) is 0. The van der Waals surface area contributed by atoms with E-state index in [0.717, 1.165) is 11.3 Å². The molecule has 0 amide bonds. The summed E-state index contributed by atoms with van der Waals surface area (Å²) in [5, 5.41) is 0. The van der Waals surface area contributed by atoms with E-state index in [1.165, 1.54) is 32.7 Å². The van der Waals surface area contributed by atoms with Gasteiger partial charge >= 0.3 is 0 Å². The van der Waals surface area contributed by atoms with Gasteiger partial charge in [0, 0.05) is 0 Å². The second-order valence-corrected chi connectivity index (χ2v) is 3.72. The van der Waals surface area contributed by atoms with Gasteiger partial charge in [0.15, 0.2) is 0 Å². The van der Waals surface area contributed by atoms with Crippen LogP contribution in [0.5, 0.6) is 0 Å². The van der Waals surface area contributed by atoms with Gasteiger partial charge < -0.3 is 5.73 Å². The molecule has 0 unspecified atom stereocenters. The molecule has 0 heterocycles. The highest BCUT2D eigenvalue weighted by Gasteiger charge is 2.38. The standard InChI is InChI=1S/C9H18.C2H6.CH5N/c1-4-9(5-2)6-8(3)7-9;2*1-2/h8H,4-7H2,1-3H3;1-2H3;2H2,1H3. The zero-order chi connectivity index (χ0) is 10.9. The van der Waals surface area contributed by atoms with Gasteiger partial charge in [0.05, 0.1) is 0 Å². The third-order valence-corrected chi connectivity index (χ3v) is 3.06. The fraction of sp³-hybridized carbons (Fsp3) is 1.00. The molecule has 0 spiro atoms. The summed E-state index contributed by atoms with van der Waals surface area (Å²) in [5.74, 6) is 1.02. The zero-order valence-corrected chi connectivity index (χ0v) is 10.5. The molecule has 0 aromatic rings. The average Bonchev–Trinajstić information content (AvgIpc) is 2.19. The van der Waals surface area contributed by atoms with Crippen molar-refractivity contribution in [3.05, 3.63) is 0 Å². The second kappa shape index (κ2) is 8.55. The van der Waals surface area contributed by atoms with E-state index >= 15 is 0 Å². The SMILES string of the molecule is CC.CCC1(CC)CC(C)C1.CN. The summed E-state index contributed by atoms with van der Waals surface area (Å²) < 4.78 is 0. The Morgan fingerprint density at radius 2 is 1.38 bits per heavy atom. The summed E-state index contributed by atoms with van der Waals surface area (Å²) in [4.78, 5) is 0. The van der Waals surface area contributed by atoms with Gasteiger partial charge in [0.25, 0.3) is 0 Å². The molecule has 13 heavy (non-hydrogen) atoms. The fourth-order valence-corrected chi connectivity index (χ4v) is 2.25. The predicted molar refractivity (Wildman–Crippen MR) is 62.9 cm³/mol. The first-order valence-electron chi connectivity index (χ1n) is 5.80. The molecule has 82 valence electrons. The van der Waals surface area contributed by atoms with Gasteiger partial charge in [-0.25, -0.2) is 0 Å². The quantitative estimate of drug-likeness (QED) is 0.698. The number of rotatable bonds is 2. The lowest BCUT2D eigenvalue weighted by atomic mass is 9.60. The summed E-state index contributed by atoms with van der Waals surface area (Å²) in [6.45, 7) is 11.0. The molecular formula is C12H29N. The van der Waals surface area contributed by atoms with Crippen LogP contribution in [0.1, 0.15) is 60.3 Å². The van der Waals surface area contributed by atoms with Crippen LogP contribution in [0.2, 0.25) is 0 Å². The van der Waals surface area contributed by atoms with Gasteiger partial charge in [-0.05, 0) is 31.2 Å². The monoisotopic (exact) mass is 187 g/mol. The predicted octanol–water partition coefficient (Wildman–Crippen LogP) is 3.82. The second-order valence-electron chi connectivity index (χ2n) is 3.72. The van der Waals surface area contributed by atoms with E-state index in [1.807, 2.05) is 13.8 Å². The van der Waals surface area contributed by atoms with Gasteiger partial charge in [0.2, 0.25) is 0 Å². The molecule has 1 rings (SSSR count). The Kier molecular flexibility index (Phi) is 10.2. The summed E-state index contributed by atoms with van der Waals surface area (Å²) in [5.41, 5.74) is 5.28. The maximum absolute atomic E-state index is 4.50. The molecule has 0 aliphatic heterocycles. The van der Waals surface area contributed by atoms with Crippen LogP contribution in [-0.4, -0.2) is 7.05 Å². The first-order valence-corrected chi connectivity index (χ1v) is 5.80. The van der Waals surface area contributed by atoms with Crippen molar-refractivity contribution in [1.29, 1.82) is 0 Å². The molecule has 1 fully saturated rings. The molecule has 1 nitrogen and oxygen atoms in total. The Labute approximate surface area is 85.1 Å². The Morgan fingerprint density at radius 3 is 1.46 bits per heavy atom. The van der Waals surface area contributed by atoms with E-state index < -0.39 is 0 Å². The number of nitrogens with two attached hydrogens (primary N) is 1. The molecule has 1 heteroatoms. The third-order valence-electron chi connectivity index (χ3n) is 3.06. The number of hydrogen-bond acceptors (Lipinski definition) is 1. The van der Waals surface area contributed by atoms with Gasteiger partial charge in [0.1, 0.15) is 0 Å². The van der Waals surface area contributed by atoms with Crippen LogP contribution < -0.4 is 5.73 Å². The maximum atomic E-state index is 4.50. The van der Waals surface area contributed by atoms with Crippen LogP contribution in [0.15, 0.2) is 0 Å². The lowest BCUT2D eigenvalue weighted by Gasteiger charge is -2.45. The molecule has 1 aliphatic rings. The van der Waals surface area contributed by atoms with E-state index in [2.05, 4.69) is 26.5 Å². The first kappa shape index (κ1) is 15.4. The summed E-state index contributed by atoms with van der Waals surface area (Å²) in [7, 11) is 1.50. The van der Waals surface area contributed by atoms with Crippen LogP contribution in [0, 0.1) is 11.3 Å². The maximum Gasteiger partial charge on any atom is -0.0195 e. The molecule has 2 N–H and O–H groups in total. The van der Waals surface area contributed by atoms with Crippen LogP contribution in [0.4, 0.5) is 0 Å². The van der Waals surface area contributed by atoms with Crippen molar-refractivity contribution in [2.24, 2.45) is 17.1 Å². The van der Waals surface area contributed by atoms with Crippen molar-refractivity contribution < 1.29 is 0 Å². The molecule has 0 saturated heterocycles. The minimum absolute atomic E-state index is 0.777. The van der Waals surface area contributed by atoms with Gasteiger partial charge in [-0.15, -0.1) is 0 Å². The van der Waals surface area contributed by atoms with Crippen molar-refractivity contribution in [1.82, 2.24) is 0 Å². The lowest BCUT2D eigenvalue weighted by Crippen LogP contribution is -2.34. The Morgan fingerprint density at radius 1 is 1.08 bits per heavy atom. The van der Waals surface area contributed by atoms with E-state index in [1.54, 1.807) is 0 Å². The van der Waals surface area contributed by atoms with Crippen LogP contribution in [0.25, 0.3) is 0 Å². The van der Waals surface area contributed by atoms with Crippen LogP contribution >= 0.6 is 0 Å². The van der Waals surface area contributed by atoms with E-state index in [0.29, 0.717) is 0 Å². The molecule has 0 atom stereocenters. The topological polar surface area (TPSA) is 26.0 Å². The smallest absolute Gasteiger partial charge is 0.0195 e. The highest BCUT2D eigenvalue weighted by Crippen LogP contribution is 2.50. The van der Waals surface area contributed by atoms with Crippen LogP contribution in [-0.2, 0) is 0 Å². The average molecular weight is 187 g/mol. The Hall–Kier alpha value is -0.0400.